The minimum Gasteiger partial charge on any atom is -0.486 e. The third-order valence-corrected chi connectivity index (χ3v) is 4.11. The van der Waals surface area contributed by atoms with E-state index in [1.54, 1.807) is 0 Å². The highest BCUT2D eigenvalue weighted by atomic mass is 35.5. The van der Waals surface area contributed by atoms with Crippen molar-refractivity contribution in [3.05, 3.63) is 23.8 Å². The summed E-state index contributed by atoms with van der Waals surface area (Å²) < 4.78 is 11.2. The van der Waals surface area contributed by atoms with Gasteiger partial charge in [0.25, 0.3) is 0 Å². The van der Waals surface area contributed by atoms with Crippen molar-refractivity contribution >= 4 is 18.3 Å². The molecule has 1 saturated heterocycles. The van der Waals surface area contributed by atoms with Crippen LogP contribution in [0, 0.1) is 0 Å². The average molecular weight is 327 g/mol. The van der Waals surface area contributed by atoms with Crippen molar-refractivity contribution in [3.8, 4) is 11.5 Å². The van der Waals surface area contributed by atoms with Crippen LogP contribution < -0.4 is 14.8 Å². The number of amides is 1. The average Bonchev–Trinajstić information content (AvgIpc) is 3.01. The number of likely N-dealkylation sites (tertiary alicyclic amines) is 1. The molecule has 1 fully saturated rings. The molecule has 0 aliphatic carbocycles. The van der Waals surface area contributed by atoms with E-state index in [4.69, 9.17) is 9.47 Å². The molecule has 2 heterocycles. The predicted molar refractivity (Wildman–Crippen MR) is 86.9 cm³/mol. The normalized spacial score (nSPS) is 19.7. The van der Waals surface area contributed by atoms with Gasteiger partial charge < -0.3 is 19.7 Å². The second kappa shape index (κ2) is 7.70. The van der Waals surface area contributed by atoms with E-state index in [0.29, 0.717) is 19.6 Å². The van der Waals surface area contributed by atoms with E-state index < -0.39 is 0 Å². The molecule has 122 valence electrons. The number of ether oxygens (including phenoxy) is 2. The first kappa shape index (κ1) is 16.9. The van der Waals surface area contributed by atoms with Crippen LogP contribution in [0.15, 0.2) is 18.2 Å². The highest BCUT2D eigenvalue weighted by molar-refractivity contribution is 5.85. The molecule has 2 aliphatic heterocycles. The van der Waals surface area contributed by atoms with Gasteiger partial charge in [0.05, 0.1) is 6.04 Å². The number of carbonyl (C=O) groups excluding carboxylic acids is 1. The fourth-order valence-electron chi connectivity index (χ4n) is 3.05. The molecule has 0 saturated carbocycles. The summed E-state index contributed by atoms with van der Waals surface area (Å²) in [6.45, 7) is 2.77. The van der Waals surface area contributed by atoms with Crippen molar-refractivity contribution in [3.63, 3.8) is 0 Å². The number of hydrogen-bond acceptors (Lipinski definition) is 4. The summed E-state index contributed by atoms with van der Waals surface area (Å²) in [6, 6.07) is 6.22. The number of hydrogen-bond donors (Lipinski definition) is 1. The van der Waals surface area contributed by atoms with Gasteiger partial charge in [-0.15, -0.1) is 12.4 Å². The number of halogens is 1. The van der Waals surface area contributed by atoms with E-state index in [1.165, 1.54) is 0 Å². The Kier molecular flexibility index (Phi) is 5.91. The van der Waals surface area contributed by atoms with Crippen LogP contribution in [0.25, 0.3) is 0 Å². The molecule has 0 bridgehead atoms. The zero-order chi connectivity index (χ0) is 14.7. The molecule has 22 heavy (non-hydrogen) atoms. The van der Waals surface area contributed by atoms with Gasteiger partial charge in [-0.1, -0.05) is 6.07 Å². The van der Waals surface area contributed by atoms with Crippen molar-refractivity contribution in [1.82, 2.24) is 10.2 Å². The topological polar surface area (TPSA) is 50.8 Å². The smallest absolute Gasteiger partial charge is 0.224 e. The first-order chi connectivity index (χ1) is 10.3. The van der Waals surface area contributed by atoms with Crippen LogP contribution in [0.3, 0.4) is 0 Å². The van der Waals surface area contributed by atoms with E-state index in [1.807, 2.05) is 24.1 Å². The summed E-state index contributed by atoms with van der Waals surface area (Å²) >= 11 is 0. The Morgan fingerprint density at radius 2 is 2.09 bits per heavy atom. The summed E-state index contributed by atoms with van der Waals surface area (Å²) in [6.07, 6.45) is 2.63. The number of carbonyl (C=O) groups is 1. The van der Waals surface area contributed by atoms with Crippen molar-refractivity contribution in [2.45, 2.75) is 25.3 Å². The minimum absolute atomic E-state index is 0. The van der Waals surface area contributed by atoms with Gasteiger partial charge in [0.2, 0.25) is 5.91 Å². The van der Waals surface area contributed by atoms with Crippen LogP contribution in [0.2, 0.25) is 0 Å². The largest absolute Gasteiger partial charge is 0.486 e. The molecule has 1 amide bonds. The van der Waals surface area contributed by atoms with Gasteiger partial charge in [-0.3, -0.25) is 4.79 Å². The second-order valence-electron chi connectivity index (χ2n) is 5.50. The Balaban J connectivity index is 0.00000176. The Bertz CT molecular complexity index is 524. The molecular weight excluding hydrogens is 304 g/mol. The first-order valence-corrected chi connectivity index (χ1v) is 7.63. The number of rotatable bonds is 4. The van der Waals surface area contributed by atoms with Crippen molar-refractivity contribution < 1.29 is 14.3 Å². The van der Waals surface area contributed by atoms with Crippen LogP contribution >= 0.6 is 12.4 Å². The molecule has 2 aliphatic rings. The third kappa shape index (κ3) is 3.47. The van der Waals surface area contributed by atoms with Crippen molar-refractivity contribution in [2.24, 2.45) is 0 Å². The van der Waals surface area contributed by atoms with E-state index >= 15 is 0 Å². The molecule has 0 aromatic heterocycles. The SMILES string of the molecule is CNCCC(=O)N1CCCC1c1ccc2c(c1)OCCO2.Cl. The Labute approximate surface area is 137 Å². The molecule has 0 spiro atoms. The molecule has 1 unspecified atom stereocenters. The maximum atomic E-state index is 12.3. The van der Waals surface area contributed by atoms with E-state index in [2.05, 4.69) is 11.4 Å². The van der Waals surface area contributed by atoms with Gasteiger partial charge in [0.15, 0.2) is 11.5 Å². The van der Waals surface area contributed by atoms with Crippen LogP contribution in [-0.2, 0) is 4.79 Å². The summed E-state index contributed by atoms with van der Waals surface area (Å²) in [5.41, 5.74) is 1.15. The molecule has 5 nitrogen and oxygen atoms in total. The molecule has 1 aromatic rings. The number of benzene rings is 1. The molecule has 1 N–H and O–H groups in total. The fraction of sp³-hybridized carbons (Fsp3) is 0.562. The summed E-state index contributed by atoms with van der Waals surface area (Å²) in [5.74, 6) is 1.83. The van der Waals surface area contributed by atoms with Crippen molar-refractivity contribution in [1.29, 1.82) is 0 Å². The van der Waals surface area contributed by atoms with Gasteiger partial charge >= 0.3 is 0 Å². The Hall–Kier alpha value is -1.46. The molecule has 0 radical (unpaired) electrons. The van der Waals surface area contributed by atoms with E-state index in [0.717, 1.165) is 43.0 Å². The lowest BCUT2D eigenvalue weighted by Gasteiger charge is -2.26. The van der Waals surface area contributed by atoms with Crippen molar-refractivity contribution in [2.75, 3.05) is 33.4 Å². The summed E-state index contributed by atoms with van der Waals surface area (Å²) in [7, 11) is 1.87. The zero-order valence-electron chi connectivity index (χ0n) is 12.8. The van der Waals surface area contributed by atoms with Gasteiger partial charge in [-0.25, -0.2) is 0 Å². The summed E-state index contributed by atoms with van der Waals surface area (Å²) in [4.78, 5) is 14.3. The second-order valence-corrected chi connectivity index (χ2v) is 5.50. The maximum absolute atomic E-state index is 12.3. The van der Waals surface area contributed by atoms with Crippen LogP contribution in [0.4, 0.5) is 0 Å². The molecule has 6 heteroatoms. The number of fused-ring (bicyclic) bond motifs is 1. The van der Waals surface area contributed by atoms with Gasteiger partial charge in [0, 0.05) is 19.5 Å². The van der Waals surface area contributed by atoms with Crippen LogP contribution in [0.1, 0.15) is 30.9 Å². The Morgan fingerprint density at radius 1 is 1.32 bits per heavy atom. The summed E-state index contributed by atoms with van der Waals surface area (Å²) in [5, 5.41) is 3.03. The number of nitrogens with one attached hydrogen (secondary N) is 1. The monoisotopic (exact) mass is 326 g/mol. The van der Waals surface area contributed by atoms with Gasteiger partial charge in [-0.2, -0.15) is 0 Å². The lowest BCUT2D eigenvalue weighted by Crippen LogP contribution is -2.32. The highest BCUT2D eigenvalue weighted by Gasteiger charge is 2.30. The lowest BCUT2D eigenvalue weighted by molar-refractivity contribution is -0.132. The standard InChI is InChI=1S/C16H22N2O3.ClH/c1-17-7-6-16(19)18-8-2-3-13(18)12-4-5-14-15(11-12)21-10-9-20-14;/h4-5,11,13,17H,2-3,6-10H2,1H3;1H. The molecular formula is C16H23ClN2O3. The molecule has 3 rings (SSSR count). The van der Waals surface area contributed by atoms with E-state index in [9.17, 15) is 4.79 Å². The predicted octanol–water partition coefficient (Wildman–Crippen LogP) is 2.15. The Morgan fingerprint density at radius 3 is 2.86 bits per heavy atom. The fourth-order valence-corrected chi connectivity index (χ4v) is 3.05. The molecule has 1 aromatic carbocycles. The van der Waals surface area contributed by atoms with E-state index in [-0.39, 0.29) is 24.4 Å². The maximum Gasteiger partial charge on any atom is 0.224 e. The van der Waals surface area contributed by atoms with Gasteiger partial charge in [-0.05, 0) is 37.6 Å². The third-order valence-electron chi connectivity index (χ3n) is 4.11. The van der Waals surface area contributed by atoms with Crippen LogP contribution in [0.5, 0.6) is 11.5 Å². The lowest BCUT2D eigenvalue weighted by atomic mass is 10.0. The molecule has 1 atom stereocenters. The van der Waals surface area contributed by atoms with Gasteiger partial charge in [0.1, 0.15) is 13.2 Å². The first-order valence-electron chi connectivity index (χ1n) is 7.63. The number of nitrogens with zero attached hydrogens (tertiary/aromatic N) is 1. The van der Waals surface area contributed by atoms with Crippen LogP contribution in [-0.4, -0.2) is 44.2 Å². The zero-order valence-corrected chi connectivity index (χ0v) is 13.7. The highest BCUT2D eigenvalue weighted by Crippen LogP contribution is 2.38. The minimum atomic E-state index is 0. The quantitative estimate of drug-likeness (QED) is 0.921.